The molecular weight excluding hydrogens is 400 g/mol. The zero-order chi connectivity index (χ0) is 21.0. The van der Waals surface area contributed by atoms with Crippen molar-refractivity contribution in [3.63, 3.8) is 0 Å². The Morgan fingerprint density at radius 2 is 1.97 bits per heavy atom. The molecule has 1 aromatic heterocycles. The molecule has 150 valence electrons. The first-order valence-electron chi connectivity index (χ1n) is 8.54. The zero-order valence-corrected chi connectivity index (χ0v) is 16.1. The highest BCUT2D eigenvalue weighted by Gasteiger charge is 2.17. The van der Waals surface area contributed by atoms with Gasteiger partial charge in [0.2, 0.25) is 0 Å². The highest BCUT2D eigenvalue weighted by Crippen LogP contribution is 2.26. The summed E-state index contributed by atoms with van der Waals surface area (Å²) in [4.78, 5) is 38.1. The van der Waals surface area contributed by atoms with Crippen LogP contribution in [0.3, 0.4) is 0 Å². The first-order chi connectivity index (χ1) is 13.9. The fourth-order valence-electron chi connectivity index (χ4n) is 2.75. The lowest BCUT2D eigenvalue weighted by Crippen LogP contribution is -2.27. The Hall–Kier alpha value is -3.43. The van der Waals surface area contributed by atoms with Gasteiger partial charge in [-0.25, -0.2) is 0 Å². The Labute approximate surface area is 170 Å². The number of benzene rings is 2. The minimum absolute atomic E-state index is 0.113. The predicted octanol–water partition coefficient (Wildman–Crippen LogP) is 3.36. The number of aromatic nitrogens is 1. The van der Waals surface area contributed by atoms with Crippen LogP contribution >= 0.6 is 11.6 Å². The third-order valence-corrected chi connectivity index (χ3v) is 4.50. The average molecular weight is 417 g/mol. The number of non-ortho nitro benzene ring substituents is 1. The largest absolute Gasteiger partial charge is 0.383 e. The van der Waals surface area contributed by atoms with E-state index in [1.165, 1.54) is 43.6 Å². The number of ether oxygens (including phenoxy) is 1. The molecule has 9 nitrogen and oxygen atoms in total. The Balaban J connectivity index is 1.78. The highest BCUT2D eigenvalue weighted by atomic mass is 35.5. The summed E-state index contributed by atoms with van der Waals surface area (Å²) in [5, 5.41) is 16.9. The second-order valence-electron chi connectivity index (χ2n) is 6.09. The second kappa shape index (κ2) is 8.72. The molecule has 0 saturated carbocycles. The number of nitrogens with zero attached hydrogens (tertiary/aromatic N) is 1. The van der Waals surface area contributed by atoms with E-state index in [4.69, 9.17) is 16.3 Å². The average Bonchev–Trinajstić information content (AvgIpc) is 3.11. The number of H-pyrrole nitrogens is 1. The molecule has 2 aromatic carbocycles. The number of rotatable bonds is 7. The van der Waals surface area contributed by atoms with E-state index in [9.17, 15) is 19.7 Å². The lowest BCUT2D eigenvalue weighted by molar-refractivity contribution is -0.384. The molecule has 0 spiro atoms. The van der Waals surface area contributed by atoms with E-state index in [-0.39, 0.29) is 27.7 Å². The summed E-state index contributed by atoms with van der Waals surface area (Å²) in [5.74, 6) is -0.820. The van der Waals surface area contributed by atoms with E-state index in [0.29, 0.717) is 29.7 Å². The molecule has 0 aliphatic heterocycles. The van der Waals surface area contributed by atoms with Crippen LogP contribution < -0.4 is 10.6 Å². The van der Waals surface area contributed by atoms with E-state index in [0.717, 1.165) is 0 Å². The van der Waals surface area contributed by atoms with Crippen molar-refractivity contribution in [3.8, 4) is 0 Å². The molecule has 0 aliphatic rings. The Bertz CT molecular complexity index is 1100. The summed E-state index contributed by atoms with van der Waals surface area (Å²) in [6.07, 6.45) is 1.48. The normalized spacial score (nSPS) is 10.7. The van der Waals surface area contributed by atoms with E-state index in [1.54, 1.807) is 6.07 Å². The molecule has 0 unspecified atom stereocenters. The van der Waals surface area contributed by atoms with E-state index in [2.05, 4.69) is 15.6 Å². The molecule has 10 heteroatoms. The van der Waals surface area contributed by atoms with Crippen molar-refractivity contribution >= 4 is 45.7 Å². The van der Waals surface area contributed by atoms with Crippen molar-refractivity contribution < 1.29 is 19.2 Å². The number of aromatic amines is 1. The Morgan fingerprint density at radius 1 is 1.17 bits per heavy atom. The molecule has 0 saturated heterocycles. The molecular formula is C19H17ClN4O5. The summed E-state index contributed by atoms with van der Waals surface area (Å²) in [7, 11) is 1.53. The molecule has 2 amide bonds. The molecule has 0 aliphatic carbocycles. The van der Waals surface area contributed by atoms with Gasteiger partial charge in [0.25, 0.3) is 17.5 Å². The number of fused-ring (bicyclic) bond motifs is 1. The standard InChI is InChI=1S/C19H17ClN4O5/c1-29-7-6-21-18(25)13-4-2-11(8-16(13)20)23-19(26)15-10-22-17-5-3-12(24(27)28)9-14(15)17/h2-5,8-10,22H,6-7H2,1H3,(H,21,25)(H,23,26). The molecule has 3 rings (SSSR count). The summed E-state index contributed by atoms with van der Waals surface area (Å²) < 4.78 is 4.87. The van der Waals surface area contributed by atoms with Crippen LogP contribution in [0, 0.1) is 10.1 Å². The SMILES string of the molecule is COCCNC(=O)c1ccc(NC(=O)c2c[nH]c3ccc([N+](=O)[O-])cc23)cc1Cl. The fraction of sp³-hybridized carbons (Fsp3) is 0.158. The lowest BCUT2D eigenvalue weighted by Gasteiger charge is -2.09. The van der Waals surface area contributed by atoms with Crippen LogP contribution in [-0.4, -0.2) is 42.0 Å². The van der Waals surface area contributed by atoms with Crippen molar-refractivity contribution in [2.24, 2.45) is 0 Å². The Kier molecular flexibility index (Phi) is 6.10. The van der Waals surface area contributed by atoms with Gasteiger partial charge in [-0.1, -0.05) is 11.6 Å². The van der Waals surface area contributed by atoms with Gasteiger partial charge in [0.15, 0.2) is 0 Å². The number of nitro benzene ring substituents is 1. The summed E-state index contributed by atoms with van der Waals surface area (Å²) in [6.45, 7) is 0.719. The van der Waals surface area contributed by atoms with Crippen LogP contribution in [0.1, 0.15) is 20.7 Å². The second-order valence-corrected chi connectivity index (χ2v) is 6.49. The smallest absolute Gasteiger partial charge is 0.270 e. The number of hydrogen-bond donors (Lipinski definition) is 3. The monoisotopic (exact) mass is 416 g/mol. The van der Waals surface area contributed by atoms with Crippen molar-refractivity contribution in [1.29, 1.82) is 0 Å². The maximum absolute atomic E-state index is 12.6. The first-order valence-corrected chi connectivity index (χ1v) is 8.92. The maximum atomic E-state index is 12.6. The lowest BCUT2D eigenvalue weighted by atomic mass is 10.1. The van der Waals surface area contributed by atoms with Crippen LogP contribution in [0.15, 0.2) is 42.6 Å². The minimum Gasteiger partial charge on any atom is -0.383 e. The van der Waals surface area contributed by atoms with Gasteiger partial charge in [0.1, 0.15) is 0 Å². The van der Waals surface area contributed by atoms with Crippen molar-refractivity contribution in [3.05, 3.63) is 68.9 Å². The summed E-state index contributed by atoms with van der Waals surface area (Å²) >= 11 is 6.17. The third-order valence-electron chi connectivity index (χ3n) is 4.18. The number of anilines is 1. The topological polar surface area (TPSA) is 126 Å². The molecule has 29 heavy (non-hydrogen) atoms. The molecule has 3 aromatic rings. The molecule has 0 fully saturated rings. The summed E-state index contributed by atoms with van der Waals surface area (Å²) in [5.41, 5.74) is 1.39. The number of nitrogens with one attached hydrogen (secondary N) is 3. The maximum Gasteiger partial charge on any atom is 0.270 e. The zero-order valence-electron chi connectivity index (χ0n) is 15.3. The number of carbonyl (C=O) groups excluding carboxylic acids is 2. The number of amides is 2. The van der Waals surface area contributed by atoms with Gasteiger partial charge in [-0.15, -0.1) is 0 Å². The fourth-order valence-corrected chi connectivity index (χ4v) is 3.01. The summed E-state index contributed by atoms with van der Waals surface area (Å²) in [6, 6.07) is 8.74. The molecule has 0 bridgehead atoms. The van der Waals surface area contributed by atoms with Gasteiger partial charge >= 0.3 is 0 Å². The molecule has 1 heterocycles. The van der Waals surface area contributed by atoms with E-state index < -0.39 is 10.8 Å². The number of hydrogen-bond acceptors (Lipinski definition) is 5. The van der Waals surface area contributed by atoms with E-state index >= 15 is 0 Å². The van der Waals surface area contributed by atoms with Gasteiger partial charge < -0.3 is 20.4 Å². The molecule has 3 N–H and O–H groups in total. The minimum atomic E-state index is -0.524. The first kappa shape index (κ1) is 20.3. The van der Waals surface area contributed by atoms with Gasteiger partial charge in [-0.05, 0) is 24.3 Å². The van der Waals surface area contributed by atoms with Gasteiger partial charge in [-0.2, -0.15) is 0 Å². The van der Waals surface area contributed by atoms with Gasteiger partial charge in [-0.3, -0.25) is 19.7 Å². The van der Waals surface area contributed by atoms with Crippen LogP contribution in [-0.2, 0) is 4.74 Å². The van der Waals surface area contributed by atoms with Gasteiger partial charge in [0, 0.05) is 48.6 Å². The van der Waals surface area contributed by atoms with Crippen molar-refractivity contribution in [2.75, 3.05) is 25.6 Å². The number of carbonyl (C=O) groups is 2. The molecule has 0 radical (unpaired) electrons. The van der Waals surface area contributed by atoms with Crippen molar-refractivity contribution in [1.82, 2.24) is 10.3 Å². The van der Waals surface area contributed by atoms with Crippen molar-refractivity contribution in [2.45, 2.75) is 0 Å². The van der Waals surface area contributed by atoms with Gasteiger partial charge in [0.05, 0.1) is 27.7 Å². The van der Waals surface area contributed by atoms with E-state index in [1.807, 2.05) is 0 Å². The third kappa shape index (κ3) is 4.53. The number of halogens is 1. The quantitative estimate of drug-likeness (QED) is 0.309. The highest BCUT2D eigenvalue weighted by molar-refractivity contribution is 6.34. The Morgan fingerprint density at radius 3 is 2.66 bits per heavy atom. The molecule has 0 atom stereocenters. The predicted molar refractivity (Wildman–Crippen MR) is 109 cm³/mol. The number of nitro groups is 1. The van der Waals surface area contributed by atoms with Crippen LogP contribution in [0.5, 0.6) is 0 Å². The van der Waals surface area contributed by atoms with Crippen LogP contribution in [0.25, 0.3) is 10.9 Å². The number of methoxy groups -OCH3 is 1. The van der Waals surface area contributed by atoms with Crippen LogP contribution in [0.2, 0.25) is 5.02 Å². The van der Waals surface area contributed by atoms with Crippen LogP contribution in [0.4, 0.5) is 11.4 Å².